The van der Waals surface area contributed by atoms with E-state index < -0.39 is 47.1 Å². The van der Waals surface area contributed by atoms with Crippen LogP contribution >= 0.6 is 11.8 Å². The van der Waals surface area contributed by atoms with Crippen LogP contribution in [0.1, 0.15) is 56.0 Å². The van der Waals surface area contributed by atoms with E-state index in [0.717, 1.165) is 23.6 Å². The maximum Gasteiger partial charge on any atom is 0.353 e. The Labute approximate surface area is 271 Å². The summed E-state index contributed by atoms with van der Waals surface area (Å²) < 4.78 is 5.31. The van der Waals surface area contributed by atoms with Gasteiger partial charge in [-0.15, -0.1) is 11.8 Å². The molecule has 4 rings (SSSR count). The van der Waals surface area contributed by atoms with E-state index in [9.17, 15) is 34.2 Å². The van der Waals surface area contributed by atoms with E-state index in [4.69, 9.17) is 9.57 Å². The van der Waals surface area contributed by atoms with Crippen molar-refractivity contribution in [1.29, 1.82) is 0 Å². The highest BCUT2D eigenvalue weighted by molar-refractivity contribution is 8.00. The third-order valence-electron chi connectivity index (χ3n) is 7.92. The number of thioether (sulfide) groups is 1. The molecule has 0 bridgehead atoms. The number of carbonyl (C=O) groups excluding carboxylic acids is 3. The molecular formula is C31H41N5O9S. The second kappa shape index (κ2) is 15.6. The lowest BCUT2D eigenvalue weighted by molar-refractivity contribution is -0.150. The number of carbonyl (C=O) groups is 5. The Hall–Kier alpha value is -3.95. The number of carboxylic acid groups (broad SMARTS) is 2. The van der Waals surface area contributed by atoms with Gasteiger partial charge < -0.3 is 30.4 Å². The fraction of sp³-hybridized carbons (Fsp3) is 0.548. The van der Waals surface area contributed by atoms with Gasteiger partial charge in [0.1, 0.15) is 29.8 Å². The number of hydrogen-bond donors (Lipinski definition) is 4. The summed E-state index contributed by atoms with van der Waals surface area (Å²) in [6.45, 7) is 10.1. The molecule has 0 radical (unpaired) electrons. The van der Waals surface area contributed by atoms with Crippen molar-refractivity contribution in [2.45, 2.75) is 62.9 Å². The van der Waals surface area contributed by atoms with Gasteiger partial charge in [0.15, 0.2) is 0 Å². The molecule has 2 fully saturated rings. The van der Waals surface area contributed by atoms with Gasteiger partial charge in [0.05, 0.1) is 19.4 Å². The van der Waals surface area contributed by atoms with Gasteiger partial charge in [-0.2, -0.15) is 0 Å². The van der Waals surface area contributed by atoms with Crippen LogP contribution in [0.4, 0.5) is 0 Å². The second-order valence-electron chi connectivity index (χ2n) is 12.2. The molecular weight excluding hydrogens is 618 g/mol. The standard InChI is InChI=1S/C31H41N5O9S/c1-31(2,3)21-9-7-19(8-10-21)26(38)33-22(29(40)41)5-4-6-23(37)34-24-27(39)36-25(30(42)43)20(18-46-28(24)36)17-32-45-16-13-35-11-14-44-15-12-35/h7-10,17,22,24,28H,4-6,11-16,18H2,1-3H3,(H,33,38)(H,34,37)(H,40,41)(H,42,43)/t22?,24?,28-/m0/s1. The molecule has 0 aliphatic carbocycles. The Bertz CT molecular complexity index is 1370. The van der Waals surface area contributed by atoms with Crippen LogP contribution in [0.15, 0.2) is 40.7 Å². The first-order valence-corrected chi connectivity index (χ1v) is 16.2. The van der Waals surface area contributed by atoms with Gasteiger partial charge in [0.25, 0.3) is 11.8 Å². The molecule has 3 aliphatic rings. The van der Waals surface area contributed by atoms with E-state index in [1.165, 1.54) is 18.0 Å². The maximum absolute atomic E-state index is 12.9. The zero-order valence-corrected chi connectivity index (χ0v) is 27.0. The normalized spacial score (nSPS) is 20.9. The quantitative estimate of drug-likeness (QED) is 0.0979. The molecule has 15 heteroatoms. The Morgan fingerprint density at radius 2 is 1.85 bits per heavy atom. The van der Waals surface area contributed by atoms with Gasteiger partial charge in [-0.1, -0.05) is 38.1 Å². The Morgan fingerprint density at radius 1 is 1.15 bits per heavy atom. The molecule has 3 amide bonds. The number of morpholine rings is 1. The summed E-state index contributed by atoms with van der Waals surface area (Å²) in [6.07, 6.45) is 1.37. The minimum absolute atomic E-state index is 0.000593. The monoisotopic (exact) mass is 659 g/mol. The van der Waals surface area contributed by atoms with Crippen LogP contribution in [0.3, 0.4) is 0 Å². The van der Waals surface area contributed by atoms with Crippen LogP contribution in [0.25, 0.3) is 0 Å². The van der Waals surface area contributed by atoms with E-state index in [1.54, 1.807) is 12.1 Å². The first-order chi connectivity index (χ1) is 21.9. The highest BCUT2D eigenvalue weighted by Gasteiger charge is 2.54. The van der Waals surface area contributed by atoms with Crippen molar-refractivity contribution in [3.05, 3.63) is 46.7 Å². The van der Waals surface area contributed by atoms with Crippen LogP contribution in [0, 0.1) is 0 Å². The molecule has 0 aromatic heterocycles. The van der Waals surface area contributed by atoms with Crippen molar-refractivity contribution < 1.29 is 43.8 Å². The van der Waals surface area contributed by atoms with Gasteiger partial charge in [-0.25, -0.2) is 9.59 Å². The number of rotatable bonds is 14. The van der Waals surface area contributed by atoms with Crippen LogP contribution in [0.2, 0.25) is 0 Å². The predicted molar refractivity (Wildman–Crippen MR) is 169 cm³/mol. The van der Waals surface area contributed by atoms with Crippen LogP contribution < -0.4 is 10.6 Å². The van der Waals surface area contributed by atoms with Crippen molar-refractivity contribution in [3.63, 3.8) is 0 Å². The number of hydrogen-bond acceptors (Lipinski definition) is 10. The van der Waals surface area contributed by atoms with Crippen LogP contribution in [-0.2, 0) is 34.2 Å². The Balaban J connectivity index is 1.24. The van der Waals surface area contributed by atoms with Gasteiger partial charge in [-0.3, -0.25) is 24.2 Å². The largest absolute Gasteiger partial charge is 0.480 e. The van der Waals surface area contributed by atoms with Crippen molar-refractivity contribution in [2.75, 3.05) is 45.2 Å². The van der Waals surface area contributed by atoms with Crippen LogP contribution in [-0.4, -0.2) is 119 Å². The van der Waals surface area contributed by atoms with Crippen molar-refractivity contribution in [2.24, 2.45) is 5.16 Å². The number of benzene rings is 1. The minimum atomic E-state index is -1.29. The number of oxime groups is 1. The number of amides is 3. The van der Waals surface area contributed by atoms with E-state index in [0.29, 0.717) is 37.5 Å². The van der Waals surface area contributed by atoms with E-state index in [1.807, 2.05) is 32.9 Å². The molecule has 4 N–H and O–H groups in total. The summed E-state index contributed by atoms with van der Waals surface area (Å²) in [7, 11) is 0. The SMILES string of the molecule is CC(C)(C)c1ccc(C(=O)NC(CCCC(=O)NC2C(=O)N3C(C(=O)O)=C(C=NOCCN4CCOCC4)CS[C@@H]23)C(=O)O)cc1. The molecule has 250 valence electrons. The smallest absolute Gasteiger partial charge is 0.353 e. The third kappa shape index (κ3) is 8.85. The van der Waals surface area contributed by atoms with Crippen LogP contribution in [0.5, 0.6) is 0 Å². The van der Waals surface area contributed by atoms with Gasteiger partial charge in [0.2, 0.25) is 5.91 Å². The minimum Gasteiger partial charge on any atom is -0.480 e. The Morgan fingerprint density at radius 3 is 2.48 bits per heavy atom. The second-order valence-corrected chi connectivity index (χ2v) is 13.3. The van der Waals surface area contributed by atoms with Gasteiger partial charge in [0, 0.05) is 42.9 Å². The first-order valence-electron chi connectivity index (χ1n) is 15.2. The third-order valence-corrected chi connectivity index (χ3v) is 9.22. The fourth-order valence-electron chi connectivity index (χ4n) is 5.22. The summed E-state index contributed by atoms with van der Waals surface area (Å²) >= 11 is 1.30. The Kier molecular flexibility index (Phi) is 11.8. The number of aliphatic carboxylic acids is 2. The average Bonchev–Trinajstić information content (AvgIpc) is 3.02. The average molecular weight is 660 g/mol. The summed E-state index contributed by atoms with van der Waals surface area (Å²) in [6, 6.07) is 4.83. The van der Waals surface area contributed by atoms with E-state index in [-0.39, 0.29) is 36.1 Å². The molecule has 3 heterocycles. The molecule has 1 aromatic rings. The molecule has 3 atom stereocenters. The lowest BCUT2D eigenvalue weighted by Crippen LogP contribution is -2.70. The van der Waals surface area contributed by atoms with Crippen molar-refractivity contribution >= 4 is 47.6 Å². The number of ether oxygens (including phenoxy) is 1. The summed E-state index contributed by atoms with van der Waals surface area (Å²) in [5.74, 6) is -3.83. The molecule has 46 heavy (non-hydrogen) atoms. The summed E-state index contributed by atoms with van der Waals surface area (Å²) in [5.41, 5.74) is 1.39. The highest BCUT2D eigenvalue weighted by atomic mass is 32.2. The summed E-state index contributed by atoms with van der Waals surface area (Å²) in [5, 5.41) is 27.9. The lowest BCUT2D eigenvalue weighted by Gasteiger charge is -2.49. The van der Waals surface area contributed by atoms with Crippen molar-refractivity contribution in [1.82, 2.24) is 20.4 Å². The molecule has 2 unspecified atom stereocenters. The van der Waals surface area contributed by atoms with Gasteiger partial charge >= 0.3 is 11.9 Å². The zero-order chi connectivity index (χ0) is 33.4. The van der Waals surface area contributed by atoms with Crippen molar-refractivity contribution in [3.8, 4) is 0 Å². The van der Waals surface area contributed by atoms with E-state index in [2.05, 4.69) is 20.7 Å². The molecule has 0 saturated carbocycles. The molecule has 3 aliphatic heterocycles. The number of carboxylic acids is 2. The highest BCUT2D eigenvalue weighted by Crippen LogP contribution is 2.40. The maximum atomic E-state index is 12.9. The number of β-lactam (4-membered cyclic amide) rings is 1. The number of nitrogens with one attached hydrogen (secondary N) is 2. The fourth-order valence-corrected chi connectivity index (χ4v) is 6.52. The molecule has 2 saturated heterocycles. The molecule has 14 nitrogen and oxygen atoms in total. The summed E-state index contributed by atoms with van der Waals surface area (Å²) in [4.78, 5) is 70.7. The predicted octanol–water partition coefficient (Wildman–Crippen LogP) is 1.41. The van der Waals surface area contributed by atoms with E-state index >= 15 is 0 Å². The topological polar surface area (TPSA) is 187 Å². The first kappa shape index (κ1) is 34.9. The number of nitrogens with zero attached hydrogens (tertiary/aromatic N) is 3. The van der Waals surface area contributed by atoms with Gasteiger partial charge in [-0.05, 0) is 36.0 Å². The lowest BCUT2D eigenvalue weighted by atomic mass is 9.86. The molecule has 1 aromatic carbocycles. The number of fused-ring (bicyclic) bond motifs is 1. The molecule has 0 spiro atoms. The zero-order valence-electron chi connectivity index (χ0n) is 26.2.